The van der Waals surface area contributed by atoms with Crippen LogP contribution in [0.2, 0.25) is 0 Å². The van der Waals surface area contributed by atoms with Crippen LogP contribution in [0.5, 0.6) is 0 Å². The van der Waals surface area contributed by atoms with E-state index >= 15 is 0 Å². The van der Waals surface area contributed by atoms with Gasteiger partial charge in [-0.2, -0.15) is 5.10 Å². The molecule has 0 bridgehead atoms. The minimum Gasteiger partial charge on any atom is -0.481 e. The average Bonchev–Trinajstić information content (AvgIpc) is 3.53. The Labute approximate surface area is 210 Å². The fraction of sp³-hybridized carbons (Fsp3) is 0.296. The van der Waals surface area contributed by atoms with Gasteiger partial charge in [0.05, 0.1) is 18.2 Å². The smallest absolute Gasteiger partial charge is 0.306 e. The van der Waals surface area contributed by atoms with Crippen molar-refractivity contribution in [2.24, 2.45) is 5.92 Å². The Morgan fingerprint density at radius 2 is 1.97 bits per heavy atom. The number of nitrogens with zero attached hydrogens (tertiary/aromatic N) is 6. The molecule has 36 heavy (non-hydrogen) atoms. The lowest BCUT2D eigenvalue weighted by molar-refractivity contribution is -0.142. The molecule has 0 atom stereocenters. The summed E-state index contributed by atoms with van der Waals surface area (Å²) < 4.78 is 6.92. The maximum absolute atomic E-state index is 11.4. The highest BCUT2D eigenvalue weighted by molar-refractivity contribution is 5.70. The molecular weight excluding hydrogens is 456 g/mol. The molecule has 1 aliphatic heterocycles. The molecule has 0 saturated carbocycles. The quantitative estimate of drug-likeness (QED) is 0.424. The third-order valence-electron chi connectivity index (χ3n) is 6.10. The van der Waals surface area contributed by atoms with Gasteiger partial charge in [-0.15, -0.1) is 0 Å². The number of hydrogen-bond donors (Lipinski definition) is 1. The van der Waals surface area contributed by atoms with E-state index in [1.54, 1.807) is 24.4 Å². The second-order valence-corrected chi connectivity index (χ2v) is 8.57. The van der Waals surface area contributed by atoms with Gasteiger partial charge in [0.1, 0.15) is 23.5 Å². The zero-order valence-electron chi connectivity index (χ0n) is 20.2. The van der Waals surface area contributed by atoms with E-state index in [-0.39, 0.29) is 5.92 Å². The van der Waals surface area contributed by atoms with E-state index in [2.05, 4.69) is 28.2 Å². The van der Waals surface area contributed by atoms with Crippen LogP contribution in [0.25, 0.3) is 22.9 Å². The molecule has 0 amide bonds. The Morgan fingerprint density at radius 3 is 2.64 bits per heavy atom. The summed E-state index contributed by atoms with van der Waals surface area (Å²) in [7, 11) is 0. The molecule has 1 aliphatic rings. The molecule has 0 spiro atoms. The zero-order chi connectivity index (χ0) is 25.3. The second-order valence-electron chi connectivity index (χ2n) is 8.57. The van der Waals surface area contributed by atoms with Crippen molar-refractivity contribution in [3.63, 3.8) is 0 Å². The first-order chi connectivity index (χ1) is 17.6. The average molecular weight is 487 g/mol. The molecule has 3 aromatic rings. The molecule has 0 unspecified atom stereocenters. The summed E-state index contributed by atoms with van der Waals surface area (Å²) in [5.41, 5.74) is 3.05. The molecule has 0 aromatic carbocycles. The highest BCUT2D eigenvalue weighted by Gasteiger charge is 2.22. The van der Waals surface area contributed by atoms with E-state index in [4.69, 9.17) is 14.6 Å². The molecule has 186 valence electrons. The molecule has 0 aliphatic carbocycles. The second kappa shape index (κ2) is 11.9. The Balaban J connectivity index is 1.62. The van der Waals surface area contributed by atoms with Gasteiger partial charge in [0.15, 0.2) is 5.82 Å². The van der Waals surface area contributed by atoms with Gasteiger partial charge in [-0.3, -0.25) is 9.48 Å². The van der Waals surface area contributed by atoms with Gasteiger partial charge in [-0.25, -0.2) is 9.97 Å². The molecule has 4 heterocycles. The third kappa shape index (κ3) is 6.04. The molecule has 1 saturated heterocycles. The number of carbonyl (C=O) groups is 1. The molecular formula is C27H30N6O3. The first-order valence-corrected chi connectivity index (χ1v) is 12.0. The van der Waals surface area contributed by atoms with Crippen molar-refractivity contribution in [3.8, 4) is 22.9 Å². The Morgan fingerprint density at radius 1 is 1.17 bits per heavy atom. The molecule has 9 heteroatoms. The van der Waals surface area contributed by atoms with E-state index in [0.29, 0.717) is 36.6 Å². The minimum absolute atomic E-state index is 0.256. The summed E-state index contributed by atoms with van der Waals surface area (Å²) in [5.74, 6) is 0.371. The van der Waals surface area contributed by atoms with Gasteiger partial charge in [-0.1, -0.05) is 48.7 Å². The normalized spacial score (nSPS) is 15.6. The summed E-state index contributed by atoms with van der Waals surface area (Å²) in [5, 5.41) is 18.3. The van der Waals surface area contributed by atoms with Crippen molar-refractivity contribution in [2.45, 2.75) is 32.2 Å². The fourth-order valence-electron chi connectivity index (χ4n) is 4.31. The van der Waals surface area contributed by atoms with Crippen molar-refractivity contribution >= 4 is 11.8 Å². The molecule has 4 rings (SSSR count). The van der Waals surface area contributed by atoms with E-state index in [1.807, 2.05) is 35.0 Å². The largest absolute Gasteiger partial charge is 0.481 e. The van der Waals surface area contributed by atoms with Gasteiger partial charge >= 0.3 is 5.97 Å². The van der Waals surface area contributed by atoms with E-state index in [1.165, 1.54) is 6.26 Å². The van der Waals surface area contributed by atoms with E-state index < -0.39 is 5.97 Å². The van der Waals surface area contributed by atoms with Crippen molar-refractivity contribution in [1.82, 2.24) is 24.9 Å². The van der Waals surface area contributed by atoms with Crippen molar-refractivity contribution in [3.05, 3.63) is 79.8 Å². The summed E-state index contributed by atoms with van der Waals surface area (Å²) in [6, 6.07) is 5.58. The fourth-order valence-corrected chi connectivity index (χ4v) is 4.31. The number of aromatic nitrogens is 5. The highest BCUT2D eigenvalue weighted by atomic mass is 16.5. The molecule has 1 N–H and O–H groups in total. The predicted molar refractivity (Wildman–Crippen MR) is 138 cm³/mol. The number of anilines is 1. The molecule has 1 fully saturated rings. The minimum atomic E-state index is -0.697. The lowest BCUT2D eigenvalue weighted by Gasteiger charge is -2.27. The van der Waals surface area contributed by atoms with Crippen LogP contribution < -0.4 is 4.90 Å². The van der Waals surface area contributed by atoms with E-state index in [9.17, 15) is 9.90 Å². The Hall–Kier alpha value is -4.27. The summed E-state index contributed by atoms with van der Waals surface area (Å²) in [6.45, 7) is 9.54. The number of carboxylic acid groups (broad SMARTS) is 1. The number of aliphatic carboxylic acids is 1. The number of allylic oxidation sites excluding steroid dienone is 6. The van der Waals surface area contributed by atoms with Crippen LogP contribution in [-0.2, 0) is 11.3 Å². The van der Waals surface area contributed by atoms with Crippen LogP contribution in [0.3, 0.4) is 0 Å². The number of rotatable bonds is 9. The number of hydrogen-bond acceptors (Lipinski definition) is 7. The Bertz CT molecular complexity index is 1250. The van der Waals surface area contributed by atoms with Gasteiger partial charge in [0.25, 0.3) is 0 Å². The van der Waals surface area contributed by atoms with Gasteiger partial charge < -0.3 is 14.5 Å². The lowest BCUT2D eigenvalue weighted by Crippen LogP contribution is -2.30. The van der Waals surface area contributed by atoms with Crippen molar-refractivity contribution in [1.29, 1.82) is 0 Å². The topological polar surface area (TPSA) is 110 Å². The van der Waals surface area contributed by atoms with Crippen LogP contribution in [-0.4, -0.2) is 49.1 Å². The summed E-state index contributed by atoms with van der Waals surface area (Å²) >= 11 is 0. The monoisotopic (exact) mass is 486 g/mol. The maximum Gasteiger partial charge on any atom is 0.306 e. The lowest BCUT2D eigenvalue weighted by atomic mass is 9.95. The van der Waals surface area contributed by atoms with Gasteiger partial charge in [0.2, 0.25) is 0 Å². The van der Waals surface area contributed by atoms with Crippen LogP contribution in [0, 0.1) is 5.92 Å². The first-order valence-electron chi connectivity index (χ1n) is 12.0. The predicted octanol–water partition coefficient (Wildman–Crippen LogP) is 4.93. The van der Waals surface area contributed by atoms with Crippen LogP contribution in [0.15, 0.2) is 84.3 Å². The summed E-state index contributed by atoms with van der Waals surface area (Å²) in [4.78, 5) is 22.9. The van der Waals surface area contributed by atoms with Gasteiger partial charge in [0, 0.05) is 25.4 Å². The van der Waals surface area contributed by atoms with E-state index in [0.717, 1.165) is 43.0 Å². The molecule has 3 aromatic heterocycles. The SMILES string of the molecule is C=C/C=C\C(=C/C=C)Cn1nc(-c2nccc(N3CCCC(C(=O)O)CCC3)n2)cc1-c1ccon1. The van der Waals surface area contributed by atoms with Crippen LogP contribution in [0.1, 0.15) is 25.7 Å². The third-order valence-corrected chi connectivity index (χ3v) is 6.10. The standard InChI is InChI=1S/C27H30N6O3/c1-3-5-9-20(8-4-2)19-33-24(22-13-17-36-31-22)18-23(30-33)26-28-14-12-25(29-26)32-15-6-10-21(27(34)35)11-7-16-32/h3-5,8-9,12-14,17-18,21H,1-2,6-7,10-11,15-16,19H2,(H,34,35)/b9-5-,20-8+. The molecule has 0 radical (unpaired) electrons. The van der Waals surface area contributed by atoms with Crippen molar-refractivity contribution in [2.75, 3.05) is 18.0 Å². The number of carboxylic acids is 1. The highest BCUT2D eigenvalue weighted by Crippen LogP contribution is 2.27. The van der Waals surface area contributed by atoms with Gasteiger partial charge in [-0.05, 0) is 43.4 Å². The van der Waals surface area contributed by atoms with Crippen LogP contribution >= 0.6 is 0 Å². The van der Waals surface area contributed by atoms with Crippen LogP contribution in [0.4, 0.5) is 5.82 Å². The zero-order valence-corrected chi connectivity index (χ0v) is 20.2. The first kappa shape index (κ1) is 24.8. The maximum atomic E-state index is 11.4. The Kier molecular flexibility index (Phi) is 8.23. The van der Waals surface area contributed by atoms with Crippen molar-refractivity contribution < 1.29 is 14.4 Å². The molecule has 9 nitrogen and oxygen atoms in total. The summed E-state index contributed by atoms with van der Waals surface area (Å²) in [6.07, 6.45) is 15.4.